The Hall–Kier alpha value is -2.56. The van der Waals surface area contributed by atoms with Gasteiger partial charge in [0.2, 0.25) is 0 Å². The third-order valence-corrected chi connectivity index (χ3v) is 3.89. The number of pyridine rings is 1. The quantitative estimate of drug-likeness (QED) is 0.919. The molecule has 1 aromatic carbocycles. The molecule has 2 heterocycles. The first-order valence-electron chi connectivity index (χ1n) is 6.68. The van der Waals surface area contributed by atoms with E-state index in [1.807, 2.05) is 29.7 Å². The van der Waals surface area contributed by atoms with Crippen molar-refractivity contribution in [3.8, 4) is 17.0 Å². The van der Waals surface area contributed by atoms with Gasteiger partial charge in [0, 0.05) is 23.9 Å². The number of rotatable bonds is 2. The van der Waals surface area contributed by atoms with Crippen LogP contribution in [0.25, 0.3) is 11.3 Å². The number of ether oxygens (including phenoxy) is 1. The standard InChI is InChI=1S/C16H15NO4/c1-9-5-10-3-4-11(21-2)6-12(10)14-7-15(18)13(16(19)20)8-17(9)14/h3-4,6-9H,5H2,1-2H3,(H,19,20)/t9-/m0/s1. The molecular formula is C16H15NO4. The number of carboxylic acids is 1. The van der Waals surface area contributed by atoms with Gasteiger partial charge in [0.25, 0.3) is 0 Å². The van der Waals surface area contributed by atoms with Gasteiger partial charge in [0.15, 0.2) is 5.43 Å². The summed E-state index contributed by atoms with van der Waals surface area (Å²) in [5.74, 6) is -0.483. The van der Waals surface area contributed by atoms with Crippen LogP contribution < -0.4 is 10.2 Å². The van der Waals surface area contributed by atoms with Crippen LogP contribution in [0.15, 0.2) is 35.3 Å². The van der Waals surface area contributed by atoms with E-state index in [2.05, 4.69) is 0 Å². The summed E-state index contributed by atoms with van der Waals surface area (Å²) in [6, 6.07) is 7.26. The predicted molar refractivity (Wildman–Crippen MR) is 78.1 cm³/mol. The minimum Gasteiger partial charge on any atom is -0.497 e. The molecule has 1 aliphatic heterocycles. The monoisotopic (exact) mass is 285 g/mol. The Morgan fingerprint density at radius 3 is 2.81 bits per heavy atom. The molecule has 0 unspecified atom stereocenters. The van der Waals surface area contributed by atoms with E-state index in [1.165, 1.54) is 12.3 Å². The van der Waals surface area contributed by atoms with Gasteiger partial charge in [-0.1, -0.05) is 6.07 Å². The number of hydrogen-bond donors (Lipinski definition) is 1. The van der Waals surface area contributed by atoms with Crippen LogP contribution in [-0.4, -0.2) is 22.8 Å². The molecule has 0 radical (unpaired) electrons. The summed E-state index contributed by atoms with van der Waals surface area (Å²) >= 11 is 0. The highest BCUT2D eigenvalue weighted by Gasteiger charge is 2.23. The molecule has 1 atom stereocenters. The zero-order valence-electron chi connectivity index (χ0n) is 11.8. The number of hydrogen-bond acceptors (Lipinski definition) is 3. The van der Waals surface area contributed by atoms with Crippen LogP contribution >= 0.6 is 0 Å². The first kappa shape index (κ1) is 13.4. The Kier molecular flexibility index (Phi) is 3.05. The van der Waals surface area contributed by atoms with Gasteiger partial charge < -0.3 is 14.4 Å². The smallest absolute Gasteiger partial charge is 0.341 e. The summed E-state index contributed by atoms with van der Waals surface area (Å²) in [5.41, 5.74) is 2.11. The molecule has 5 heteroatoms. The highest BCUT2D eigenvalue weighted by atomic mass is 16.5. The fourth-order valence-corrected chi connectivity index (χ4v) is 2.81. The fourth-order valence-electron chi connectivity index (χ4n) is 2.81. The molecule has 1 aliphatic rings. The van der Waals surface area contributed by atoms with Gasteiger partial charge in [-0.3, -0.25) is 4.79 Å². The van der Waals surface area contributed by atoms with Crippen LogP contribution in [0.4, 0.5) is 0 Å². The second-order valence-electron chi connectivity index (χ2n) is 5.23. The van der Waals surface area contributed by atoms with E-state index in [0.29, 0.717) is 5.75 Å². The number of fused-ring (bicyclic) bond motifs is 3. The molecule has 0 fully saturated rings. The number of aromatic nitrogens is 1. The molecule has 0 amide bonds. The SMILES string of the molecule is COc1ccc2c(c1)-c1cc(=O)c(C(=O)O)cn1[C@@H](C)C2. The van der Waals surface area contributed by atoms with E-state index in [4.69, 9.17) is 9.84 Å². The highest BCUT2D eigenvalue weighted by molar-refractivity contribution is 5.87. The van der Waals surface area contributed by atoms with Crippen LogP contribution in [0, 0.1) is 0 Å². The number of aromatic carboxylic acids is 1. The Bertz CT molecular complexity index is 791. The first-order chi connectivity index (χ1) is 10.0. The van der Waals surface area contributed by atoms with E-state index in [9.17, 15) is 9.59 Å². The molecule has 2 aromatic rings. The minimum absolute atomic E-state index is 0.0968. The average Bonchev–Trinajstić information content (AvgIpc) is 2.46. The summed E-state index contributed by atoms with van der Waals surface area (Å²) in [7, 11) is 1.59. The topological polar surface area (TPSA) is 68.5 Å². The van der Waals surface area contributed by atoms with Crippen molar-refractivity contribution in [1.29, 1.82) is 0 Å². The summed E-state index contributed by atoms with van der Waals surface area (Å²) in [6.45, 7) is 2.01. The Morgan fingerprint density at radius 1 is 1.38 bits per heavy atom. The summed E-state index contributed by atoms with van der Waals surface area (Å²) in [5, 5.41) is 9.10. The van der Waals surface area contributed by atoms with Gasteiger partial charge in [-0.2, -0.15) is 0 Å². The molecule has 0 aliphatic carbocycles. The van der Waals surface area contributed by atoms with Crippen molar-refractivity contribution in [2.24, 2.45) is 0 Å². The van der Waals surface area contributed by atoms with E-state index in [1.54, 1.807) is 7.11 Å². The van der Waals surface area contributed by atoms with Gasteiger partial charge in [0.05, 0.1) is 12.8 Å². The van der Waals surface area contributed by atoms with E-state index >= 15 is 0 Å². The molecule has 0 saturated heterocycles. The van der Waals surface area contributed by atoms with Crippen molar-refractivity contribution >= 4 is 5.97 Å². The molecule has 5 nitrogen and oxygen atoms in total. The molecule has 1 aromatic heterocycles. The summed E-state index contributed by atoms with van der Waals surface area (Å²) < 4.78 is 7.09. The largest absolute Gasteiger partial charge is 0.497 e. The Labute approximate surface area is 121 Å². The maximum absolute atomic E-state index is 12.0. The number of carbonyl (C=O) groups is 1. The van der Waals surface area contributed by atoms with Crippen molar-refractivity contribution in [3.63, 3.8) is 0 Å². The van der Waals surface area contributed by atoms with Crippen molar-refractivity contribution in [2.75, 3.05) is 7.11 Å². The molecule has 0 bridgehead atoms. The lowest BCUT2D eigenvalue weighted by molar-refractivity contribution is 0.0694. The first-order valence-corrected chi connectivity index (χ1v) is 6.68. The Morgan fingerprint density at radius 2 is 2.14 bits per heavy atom. The number of nitrogens with zero attached hydrogens (tertiary/aromatic N) is 1. The fraction of sp³-hybridized carbons (Fsp3) is 0.250. The van der Waals surface area contributed by atoms with Gasteiger partial charge in [-0.25, -0.2) is 4.79 Å². The minimum atomic E-state index is -1.20. The van der Waals surface area contributed by atoms with Crippen molar-refractivity contribution in [2.45, 2.75) is 19.4 Å². The lowest BCUT2D eigenvalue weighted by Gasteiger charge is -2.28. The predicted octanol–water partition coefficient (Wildman–Crippen LogP) is 2.34. The Balaban J connectivity index is 2.28. The third kappa shape index (κ3) is 2.11. The molecule has 21 heavy (non-hydrogen) atoms. The van der Waals surface area contributed by atoms with E-state index in [0.717, 1.165) is 23.2 Å². The second-order valence-corrected chi connectivity index (χ2v) is 5.23. The van der Waals surface area contributed by atoms with Gasteiger partial charge in [-0.05, 0) is 31.0 Å². The van der Waals surface area contributed by atoms with Crippen molar-refractivity contribution in [1.82, 2.24) is 4.57 Å². The zero-order valence-corrected chi connectivity index (χ0v) is 11.8. The summed E-state index contributed by atoms with van der Waals surface area (Å²) in [4.78, 5) is 23.1. The molecule has 1 N–H and O–H groups in total. The molecule has 108 valence electrons. The lowest BCUT2D eigenvalue weighted by Crippen LogP contribution is -2.24. The molecule has 0 saturated carbocycles. The molecule has 0 spiro atoms. The van der Waals surface area contributed by atoms with Gasteiger partial charge in [0.1, 0.15) is 11.3 Å². The normalized spacial score (nSPS) is 16.0. The zero-order chi connectivity index (χ0) is 15.1. The maximum Gasteiger partial charge on any atom is 0.341 e. The number of benzene rings is 1. The highest BCUT2D eigenvalue weighted by Crippen LogP contribution is 2.35. The van der Waals surface area contributed by atoms with Crippen molar-refractivity contribution in [3.05, 3.63) is 51.8 Å². The third-order valence-electron chi connectivity index (χ3n) is 3.89. The summed E-state index contributed by atoms with van der Waals surface area (Å²) in [6.07, 6.45) is 2.22. The van der Waals surface area contributed by atoms with Crippen LogP contribution in [-0.2, 0) is 6.42 Å². The van der Waals surface area contributed by atoms with E-state index < -0.39 is 11.4 Å². The van der Waals surface area contributed by atoms with E-state index in [-0.39, 0.29) is 11.6 Å². The lowest BCUT2D eigenvalue weighted by atomic mass is 9.92. The van der Waals surface area contributed by atoms with Crippen LogP contribution in [0.2, 0.25) is 0 Å². The number of methoxy groups -OCH3 is 1. The van der Waals surface area contributed by atoms with Crippen LogP contribution in [0.1, 0.15) is 28.9 Å². The second kappa shape index (κ2) is 4.77. The van der Waals surface area contributed by atoms with Crippen LogP contribution in [0.3, 0.4) is 0 Å². The van der Waals surface area contributed by atoms with Crippen molar-refractivity contribution < 1.29 is 14.6 Å². The van der Waals surface area contributed by atoms with Gasteiger partial charge in [-0.15, -0.1) is 0 Å². The van der Waals surface area contributed by atoms with Gasteiger partial charge >= 0.3 is 5.97 Å². The number of carboxylic acid groups (broad SMARTS) is 1. The molecule has 3 rings (SSSR count). The average molecular weight is 285 g/mol. The molecular weight excluding hydrogens is 270 g/mol. The van der Waals surface area contributed by atoms with Crippen LogP contribution in [0.5, 0.6) is 5.75 Å². The maximum atomic E-state index is 12.0.